The van der Waals surface area contributed by atoms with Crippen LogP contribution in [-0.4, -0.2) is 28.8 Å². The van der Waals surface area contributed by atoms with E-state index < -0.39 is 0 Å². The second kappa shape index (κ2) is 3.63. The molecule has 3 heterocycles. The van der Waals surface area contributed by atoms with Gasteiger partial charge in [-0.2, -0.15) is 0 Å². The molecule has 0 aliphatic carbocycles. The number of nitrogens with zero attached hydrogens (tertiary/aromatic N) is 6. The third-order valence-electron chi connectivity index (χ3n) is 2.27. The van der Waals surface area contributed by atoms with E-state index >= 15 is 0 Å². The molecule has 0 saturated carbocycles. The molecule has 2 N–H and O–H groups in total. The van der Waals surface area contributed by atoms with E-state index in [0.717, 1.165) is 11.5 Å². The minimum atomic E-state index is -0.255. The molecule has 0 bridgehead atoms. The maximum Gasteiger partial charge on any atom is 0.350 e. The predicted molar refractivity (Wildman–Crippen MR) is 60.7 cm³/mol. The van der Waals surface area contributed by atoms with Crippen LogP contribution >= 0.6 is 11.5 Å². The molecule has 0 fully saturated rings. The van der Waals surface area contributed by atoms with Crippen LogP contribution in [0.1, 0.15) is 5.69 Å². The monoisotopic (exact) mass is 249 g/mol. The zero-order chi connectivity index (χ0) is 11.8. The average Bonchev–Trinajstić information content (AvgIpc) is 2.87. The van der Waals surface area contributed by atoms with E-state index in [-0.39, 0.29) is 12.2 Å². The summed E-state index contributed by atoms with van der Waals surface area (Å²) in [7, 11) is 0. The highest BCUT2D eigenvalue weighted by Crippen LogP contribution is 2.12. The van der Waals surface area contributed by atoms with E-state index in [1.165, 1.54) is 21.5 Å². The Morgan fingerprint density at radius 3 is 3.06 bits per heavy atom. The van der Waals surface area contributed by atoms with E-state index in [2.05, 4.69) is 19.7 Å². The van der Waals surface area contributed by atoms with Crippen LogP contribution in [0.25, 0.3) is 5.65 Å². The summed E-state index contributed by atoms with van der Waals surface area (Å²) in [6.07, 6.45) is 4.60. The van der Waals surface area contributed by atoms with Crippen LogP contribution in [-0.2, 0) is 6.54 Å². The number of hydrogen-bond acceptors (Lipinski definition) is 7. The standard InChI is InChI=1S/C8H7N7OS/c9-7-5(11-13-17-7)4-15-8(16)14-2-1-10-3-6(14)12-15/h1-3H,4,9H2. The Bertz CT molecular complexity index is 727. The van der Waals surface area contributed by atoms with E-state index in [1.54, 1.807) is 6.20 Å². The number of anilines is 1. The van der Waals surface area contributed by atoms with Crippen LogP contribution in [0.2, 0.25) is 0 Å². The van der Waals surface area contributed by atoms with Crippen LogP contribution in [0, 0.1) is 0 Å². The van der Waals surface area contributed by atoms with Crippen molar-refractivity contribution in [2.45, 2.75) is 6.54 Å². The van der Waals surface area contributed by atoms with Crippen molar-refractivity contribution in [1.82, 2.24) is 28.8 Å². The van der Waals surface area contributed by atoms with Crippen molar-refractivity contribution in [3.63, 3.8) is 0 Å². The van der Waals surface area contributed by atoms with Crippen molar-refractivity contribution in [2.75, 3.05) is 5.73 Å². The van der Waals surface area contributed by atoms with Gasteiger partial charge in [0.25, 0.3) is 0 Å². The van der Waals surface area contributed by atoms with Gasteiger partial charge in [0.1, 0.15) is 10.7 Å². The van der Waals surface area contributed by atoms with Gasteiger partial charge in [-0.3, -0.25) is 4.98 Å². The fourth-order valence-electron chi connectivity index (χ4n) is 1.45. The maximum absolute atomic E-state index is 11.9. The lowest BCUT2D eigenvalue weighted by molar-refractivity contribution is 0.646. The third kappa shape index (κ3) is 1.56. The van der Waals surface area contributed by atoms with Crippen molar-refractivity contribution < 1.29 is 0 Å². The quantitative estimate of drug-likeness (QED) is 0.648. The summed E-state index contributed by atoms with van der Waals surface area (Å²) >= 11 is 1.09. The molecule has 0 spiro atoms. The first-order valence-corrected chi connectivity index (χ1v) is 5.49. The largest absolute Gasteiger partial charge is 0.388 e. The minimum absolute atomic E-state index is 0.211. The Balaban J connectivity index is 2.10. The lowest BCUT2D eigenvalue weighted by Crippen LogP contribution is -2.22. The molecule has 0 aliphatic heterocycles. The molecule has 3 aromatic rings. The lowest BCUT2D eigenvalue weighted by atomic mass is 10.5. The molecule has 0 aromatic carbocycles. The zero-order valence-corrected chi connectivity index (χ0v) is 9.33. The molecule has 8 nitrogen and oxygen atoms in total. The van der Waals surface area contributed by atoms with Gasteiger partial charge in [-0.1, -0.05) is 4.49 Å². The first-order chi connectivity index (χ1) is 8.25. The Hall–Kier alpha value is -2.29. The van der Waals surface area contributed by atoms with Crippen LogP contribution in [0.15, 0.2) is 23.4 Å². The highest BCUT2D eigenvalue weighted by molar-refractivity contribution is 7.09. The second-order valence-corrected chi connectivity index (χ2v) is 4.11. The topological polar surface area (TPSA) is 104 Å². The molecular formula is C8H7N7OS. The molecule has 0 saturated heterocycles. The van der Waals surface area contributed by atoms with Crippen molar-refractivity contribution in [3.8, 4) is 0 Å². The average molecular weight is 249 g/mol. The van der Waals surface area contributed by atoms with Crippen LogP contribution in [0.5, 0.6) is 0 Å². The van der Waals surface area contributed by atoms with E-state index in [4.69, 9.17) is 5.73 Å². The normalized spacial score (nSPS) is 11.1. The maximum atomic E-state index is 11.9. The third-order valence-corrected chi connectivity index (χ3v) is 2.87. The summed E-state index contributed by atoms with van der Waals surface area (Å²) in [5.41, 5.74) is 6.44. The second-order valence-electron chi connectivity index (χ2n) is 3.33. The summed E-state index contributed by atoms with van der Waals surface area (Å²) in [4.78, 5) is 15.8. The SMILES string of the molecule is Nc1snnc1Cn1nc2cnccn2c1=O. The summed E-state index contributed by atoms with van der Waals surface area (Å²) < 4.78 is 6.39. The first kappa shape index (κ1) is 9.90. The molecule has 86 valence electrons. The molecule has 0 radical (unpaired) electrons. The number of hydrogen-bond donors (Lipinski definition) is 1. The number of aromatic nitrogens is 6. The van der Waals surface area contributed by atoms with Gasteiger partial charge in [-0.15, -0.1) is 10.2 Å². The predicted octanol–water partition coefficient (Wildman–Crippen LogP) is -0.627. The van der Waals surface area contributed by atoms with Crippen molar-refractivity contribution >= 4 is 22.2 Å². The Labute approximate surface area is 98.5 Å². The van der Waals surface area contributed by atoms with E-state index in [9.17, 15) is 4.79 Å². The lowest BCUT2D eigenvalue weighted by Gasteiger charge is -1.94. The molecule has 0 atom stereocenters. The molecular weight excluding hydrogens is 242 g/mol. The van der Waals surface area contributed by atoms with E-state index in [0.29, 0.717) is 16.3 Å². The molecule has 3 rings (SSSR count). The number of fused-ring (bicyclic) bond motifs is 1. The summed E-state index contributed by atoms with van der Waals surface area (Å²) in [6.45, 7) is 0.211. The van der Waals surface area contributed by atoms with Gasteiger partial charge in [-0.05, 0) is 0 Å². The van der Waals surface area contributed by atoms with E-state index in [1.807, 2.05) is 0 Å². The van der Waals surface area contributed by atoms with Gasteiger partial charge in [0.15, 0.2) is 5.65 Å². The van der Waals surface area contributed by atoms with Crippen molar-refractivity contribution in [3.05, 3.63) is 34.8 Å². The minimum Gasteiger partial charge on any atom is -0.388 e. The van der Waals surface area contributed by atoms with Gasteiger partial charge >= 0.3 is 5.69 Å². The molecule has 9 heteroatoms. The molecule has 3 aromatic heterocycles. The molecule has 0 amide bonds. The van der Waals surface area contributed by atoms with Gasteiger partial charge in [-0.25, -0.2) is 13.9 Å². The fraction of sp³-hybridized carbons (Fsp3) is 0.125. The van der Waals surface area contributed by atoms with Gasteiger partial charge in [0.05, 0.1) is 12.7 Å². The highest BCUT2D eigenvalue weighted by Gasteiger charge is 2.10. The summed E-state index contributed by atoms with van der Waals surface area (Å²) in [5, 5.41) is 8.45. The Morgan fingerprint density at radius 2 is 2.35 bits per heavy atom. The number of nitrogens with two attached hydrogens (primary N) is 1. The van der Waals surface area contributed by atoms with Crippen LogP contribution < -0.4 is 11.4 Å². The smallest absolute Gasteiger partial charge is 0.350 e. The molecule has 0 aliphatic rings. The highest BCUT2D eigenvalue weighted by atomic mass is 32.1. The van der Waals surface area contributed by atoms with Gasteiger partial charge in [0, 0.05) is 23.9 Å². The first-order valence-electron chi connectivity index (χ1n) is 4.71. The van der Waals surface area contributed by atoms with Gasteiger partial charge < -0.3 is 5.73 Å². The summed E-state index contributed by atoms with van der Waals surface area (Å²) in [5.74, 6) is 0. The number of rotatable bonds is 2. The Morgan fingerprint density at radius 1 is 1.47 bits per heavy atom. The Kier molecular flexibility index (Phi) is 2.11. The van der Waals surface area contributed by atoms with Crippen molar-refractivity contribution in [2.24, 2.45) is 0 Å². The molecule has 17 heavy (non-hydrogen) atoms. The number of nitrogen functional groups attached to an aromatic ring is 1. The van der Waals surface area contributed by atoms with Crippen LogP contribution in [0.4, 0.5) is 5.00 Å². The summed E-state index contributed by atoms with van der Waals surface area (Å²) in [6, 6.07) is 0. The zero-order valence-electron chi connectivity index (χ0n) is 8.52. The fourth-order valence-corrected chi connectivity index (χ4v) is 1.89. The molecule has 0 unspecified atom stereocenters. The van der Waals surface area contributed by atoms with Crippen molar-refractivity contribution in [1.29, 1.82) is 0 Å². The van der Waals surface area contributed by atoms with Gasteiger partial charge in [0.2, 0.25) is 0 Å². The van der Waals surface area contributed by atoms with Crippen LogP contribution in [0.3, 0.4) is 0 Å².